The van der Waals surface area contributed by atoms with Gasteiger partial charge in [0.05, 0.1) is 4.92 Å². The summed E-state index contributed by atoms with van der Waals surface area (Å²) >= 11 is 0. The molecule has 4 aromatic rings. The summed E-state index contributed by atoms with van der Waals surface area (Å²) in [5, 5.41) is 13.7. The maximum atomic E-state index is 12.5. The number of nitro groups is 1. The average molecular weight is 384 g/mol. The number of nitrogens with zero attached hydrogens (tertiary/aromatic N) is 1. The van der Waals surface area contributed by atoms with E-state index in [9.17, 15) is 14.9 Å². The van der Waals surface area contributed by atoms with Crippen molar-refractivity contribution < 1.29 is 14.1 Å². The van der Waals surface area contributed by atoms with Gasteiger partial charge < -0.3 is 9.73 Å². The van der Waals surface area contributed by atoms with Crippen LogP contribution in [0.2, 0.25) is 0 Å². The second-order valence-corrected chi connectivity index (χ2v) is 6.37. The Morgan fingerprint density at radius 3 is 2.21 bits per heavy atom. The molecule has 3 aromatic carbocycles. The van der Waals surface area contributed by atoms with Crippen molar-refractivity contribution in [1.29, 1.82) is 0 Å². The van der Waals surface area contributed by atoms with E-state index in [1.54, 1.807) is 24.3 Å². The zero-order chi connectivity index (χ0) is 20.2. The predicted octanol–water partition coefficient (Wildman–Crippen LogP) is 5.77. The highest BCUT2D eigenvalue weighted by Gasteiger charge is 2.14. The van der Waals surface area contributed by atoms with Crippen molar-refractivity contribution in [3.63, 3.8) is 0 Å². The summed E-state index contributed by atoms with van der Waals surface area (Å²) < 4.78 is 5.60. The van der Waals surface area contributed by atoms with Crippen LogP contribution in [0, 0.1) is 10.1 Å². The van der Waals surface area contributed by atoms with E-state index in [-0.39, 0.29) is 11.4 Å². The van der Waals surface area contributed by atoms with Gasteiger partial charge in [0.15, 0.2) is 5.76 Å². The molecule has 0 saturated heterocycles. The summed E-state index contributed by atoms with van der Waals surface area (Å²) in [6.45, 7) is 0. The Balaban J connectivity index is 1.48. The Labute approximate surface area is 166 Å². The van der Waals surface area contributed by atoms with Crippen molar-refractivity contribution in [2.24, 2.45) is 0 Å². The van der Waals surface area contributed by atoms with Gasteiger partial charge in [0.2, 0.25) is 0 Å². The van der Waals surface area contributed by atoms with E-state index in [1.165, 1.54) is 12.1 Å². The largest absolute Gasteiger partial charge is 0.451 e. The summed E-state index contributed by atoms with van der Waals surface area (Å²) in [5.74, 6) is 0.117. The van der Waals surface area contributed by atoms with E-state index in [1.807, 2.05) is 54.6 Å². The first-order valence-electron chi connectivity index (χ1n) is 8.92. The van der Waals surface area contributed by atoms with Crippen molar-refractivity contribution in [1.82, 2.24) is 0 Å². The summed E-state index contributed by atoms with van der Waals surface area (Å²) in [6, 6.07) is 26.7. The van der Waals surface area contributed by atoms with Crippen LogP contribution in [0.25, 0.3) is 22.5 Å². The molecule has 1 amide bonds. The molecular formula is C23H16N2O4. The maximum absolute atomic E-state index is 12.5. The van der Waals surface area contributed by atoms with Gasteiger partial charge in [-0.25, -0.2) is 0 Å². The van der Waals surface area contributed by atoms with Crippen LogP contribution >= 0.6 is 0 Å². The van der Waals surface area contributed by atoms with Gasteiger partial charge in [0, 0.05) is 23.4 Å². The van der Waals surface area contributed by atoms with Crippen LogP contribution in [0.3, 0.4) is 0 Å². The molecule has 0 aliphatic heterocycles. The Hall–Kier alpha value is -4.19. The second kappa shape index (κ2) is 7.82. The number of anilines is 1. The third kappa shape index (κ3) is 4.06. The number of hydrogen-bond donors (Lipinski definition) is 1. The molecule has 1 heterocycles. The van der Waals surface area contributed by atoms with Crippen molar-refractivity contribution in [3.05, 3.63) is 107 Å². The minimum atomic E-state index is -0.473. The highest BCUT2D eigenvalue weighted by molar-refractivity contribution is 6.02. The molecule has 0 radical (unpaired) electrons. The van der Waals surface area contributed by atoms with Gasteiger partial charge in [-0.1, -0.05) is 54.6 Å². The van der Waals surface area contributed by atoms with Crippen LogP contribution in [0.4, 0.5) is 11.4 Å². The third-order valence-electron chi connectivity index (χ3n) is 4.42. The molecule has 0 atom stereocenters. The van der Waals surface area contributed by atoms with Crippen LogP contribution < -0.4 is 5.32 Å². The summed E-state index contributed by atoms with van der Waals surface area (Å²) in [7, 11) is 0. The Morgan fingerprint density at radius 1 is 0.793 bits per heavy atom. The number of benzene rings is 3. The molecule has 29 heavy (non-hydrogen) atoms. The van der Waals surface area contributed by atoms with Crippen molar-refractivity contribution >= 4 is 17.3 Å². The first kappa shape index (κ1) is 18.2. The zero-order valence-electron chi connectivity index (χ0n) is 15.2. The number of hydrogen-bond acceptors (Lipinski definition) is 4. The van der Waals surface area contributed by atoms with Crippen molar-refractivity contribution in [3.8, 4) is 22.5 Å². The molecule has 0 unspecified atom stereocenters. The Kier molecular flexibility index (Phi) is 4.90. The van der Waals surface area contributed by atoms with E-state index in [0.29, 0.717) is 17.0 Å². The standard InChI is InChI=1S/C23H16N2O4/c26-23(24-19-11-9-17(10-12-19)16-5-2-1-3-6-16)22-14-13-21(29-22)18-7-4-8-20(15-18)25(27)28/h1-15H,(H,24,26). The highest BCUT2D eigenvalue weighted by Crippen LogP contribution is 2.26. The minimum absolute atomic E-state index is 0.0385. The zero-order valence-corrected chi connectivity index (χ0v) is 15.2. The number of carbonyl (C=O) groups is 1. The smallest absolute Gasteiger partial charge is 0.291 e. The van der Waals surface area contributed by atoms with E-state index >= 15 is 0 Å². The van der Waals surface area contributed by atoms with Crippen molar-refractivity contribution in [2.75, 3.05) is 5.32 Å². The molecule has 0 fully saturated rings. The summed E-state index contributed by atoms with van der Waals surface area (Å²) in [5.41, 5.74) is 3.28. The lowest BCUT2D eigenvalue weighted by Crippen LogP contribution is -2.10. The number of rotatable bonds is 5. The molecule has 0 aliphatic carbocycles. The molecule has 6 heteroatoms. The van der Waals surface area contributed by atoms with E-state index in [4.69, 9.17) is 4.42 Å². The first-order chi connectivity index (χ1) is 14.1. The summed E-state index contributed by atoms with van der Waals surface area (Å²) in [6.07, 6.45) is 0. The van der Waals surface area contributed by atoms with Gasteiger partial charge in [0.1, 0.15) is 5.76 Å². The SMILES string of the molecule is O=C(Nc1ccc(-c2ccccc2)cc1)c1ccc(-c2cccc([N+](=O)[O-])c2)o1. The molecule has 1 aromatic heterocycles. The number of furan rings is 1. The molecule has 0 aliphatic rings. The Bertz CT molecular complexity index is 1160. The lowest BCUT2D eigenvalue weighted by atomic mass is 10.1. The fourth-order valence-electron chi connectivity index (χ4n) is 2.96. The molecular weight excluding hydrogens is 368 g/mol. The van der Waals surface area contributed by atoms with Crippen molar-refractivity contribution in [2.45, 2.75) is 0 Å². The lowest BCUT2D eigenvalue weighted by molar-refractivity contribution is -0.384. The quantitative estimate of drug-likeness (QED) is 0.349. The van der Waals surface area contributed by atoms with Gasteiger partial charge >= 0.3 is 0 Å². The van der Waals surface area contributed by atoms with Gasteiger partial charge in [-0.05, 0) is 35.4 Å². The molecule has 0 bridgehead atoms. The average Bonchev–Trinajstić information content (AvgIpc) is 3.26. The molecule has 4 rings (SSSR count). The number of non-ortho nitro benzene ring substituents is 1. The number of amides is 1. The van der Waals surface area contributed by atoms with E-state index in [0.717, 1.165) is 11.1 Å². The minimum Gasteiger partial charge on any atom is -0.451 e. The predicted molar refractivity (Wildman–Crippen MR) is 111 cm³/mol. The monoisotopic (exact) mass is 384 g/mol. The number of nitro benzene ring substituents is 1. The fraction of sp³-hybridized carbons (Fsp3) is 0. The van der Waals surface area contributed by atoms with E-state index in [2.05, 4.69) is 5.32 Å². The lowest BCUT2D eigenvalue weighted by Gasteiger charge is -2.06. The fourth-order valence-corrected chi connectivity index (χ4v) is 2.96. The van der Waals surface area contributed by atoms with Gasteiger partial charge in [-0.15, -0.1) is 0 Å². The van der Waals surface area contributed by atoms with Crippen LogP contribution in [-0.4, -0.2) is 10.8 Å². The molecule has 6 nitrogen and oxygen atoms in total. The van der Waals surface area contributed by atoms with Gasteiger partial charge in [-0.3, -0.25) is 14.9 Å². The molecule has 0 spiro atoms. The third-order valence-corrected chi connectivity index (χ3v) is 4.42. The topological polar surface area (TPSA) is 85.4 Å². The van der Waals surface area contributed by atoms with Crippen LogP contribution in [-0.2, 0) is 0 Å². The van der Waals surface area contributed by atoms with Gasteiger partial charge in [0.25, 0.3) is 11.6 Å². The maximum Gasteiger partial charge on any atom is 0.291 e. The van der Waals surface area contributed by atoms with Crippen LogP contribution in [0.5, 0.6) is 0 Å². The number of carbonyl (C=O) groups excluding carboxylic acids is 1. The molecule has 142 valence electrons. The summed E-state index contributed by atoms with van der Waals surface area (Å²) in [4.78, 5) is 22.9. The van der Waals surface area contributed by atoms with Crippen LogP contribution in [0.1, 0.15) is 10.6 Å². The number of nitrogens with one attached hydrogen (secondary N) is 1. The highest BCUT2D eigenvalue weighted by atomic mass is 16.6. The first-order valence-corrected chi connectivity index (χ1v) is 8.92. The van der Waals surface area contributed by atoms with Crippen LogP contribution in [0.15, 0.2) is 95.4 Å². The Morgan fingerprint density at radius 2 is 1.48 bits per heavy atom. The second-order valence-electron chi connectivity index (χ2n) is 6.37. The van der Waals surface area contributed by atoms with Gasteiger partial charge in [-0.2, -0.15) is 0 Å². The normalized spacial score (nSPS) is 10.5. The molecule has 1 N–H and O–H groups in total. The molecule has 0 saturated carbocycles. The van der Waals surface area contributed by atoms with E-state index < -0.39 is 10.8 Å².